The minimum Gasteiger partial charge on any atom is -0.377 e. The van der Waals surface area contributed by atoms with Gasteiger partial charge < -0.3 is 19.7 Å². The van der Waals surface area contributed by atoms with E-state index in [1.54, 1.807) is 0 Å². The normalized spacial score (nSPS) is 30.6. The maximum absolute atomic E-state index is 12.0. The summed E-state index contributed by atoms with van der Waals surface area (Å²) in [6.45, 7) is 8.70. The Kier molecular flexibility index (Phi) is 4.01. The molecule has 2 heterocycles. The highest BCUT2D eigenvalue weighted by Crippen LogP contribution is 2.20. The van der Waals surface area contributed by atoms with Gasteiger partial charge in [0.1, 0.15) is 5.60 Å². The molecule has 2 aliphatic heterocycles. The Bertz CT molecular complexity index is 273. The molecule has 2 rings (SSSR count). The average molecular weight is 242 g/mol. The summed E-state index contributed by atoms with van der Waals surface area (Å²) in [5, 5.41) is 3.31. The lowest BCUT2D eigenvalue weighted by molar-refractivity contribution is -0.160. The third-order valence-electron chi connectivity index (χ3n) is 3.29. The minimum atomic E-state index is -0.348. The van der Waals surface area contributed by atoms with Crippen molar-refractivity contribution in [2.24, 2.45) is 5.92 Å². The topological polar surface area (TPSA) is 50.8 Å². The zero-order valence-corrected chi connectivity index (χ0v) is 10.7. The number of hydrogen-bond donors (Lipinski definition) is 1. The SMILES string of the molecule is CC(C)C(=O)N1CCOC2(CNCCOC2)C1. The number of rotatable bonds is 1. The van der Waals surface area contributed by atoms with Crippen molar-refractivity contribution in [2.75, 3.05) is 46.0 Å². The van der Waals surface area contributed by atoms with E-state index in [4.69, 9.17) is 9.47 Å². The summed E-state index contributed by atoms with van der Waals surface area (Å²) in [6.07, 6.45) is 0. The first kappa shape index (κ1) is 12.8. The first-order valence-electron chi connectivity index (χ1n) is 6.34. The molecule has 2 fully saturated rings. The lowest BCUT2D eigenvalue weighted by atomic mass is 10.0. The van der Waals surface area contributed by atoms with E-state index in [2.05, 4.69) is 5.32 Å². The zero-order valence-electron chi connectivity index (χ0n) is 10.7. The van der Waals surface area contributed by atoms with Gasteiger partial charge in [0.2, 0.25) is 5.91 Å². The summed E-state index contributed by atoms with van der Waals surface area (Å²) in [7, 11) is 0. The van der Waals surface area contributed by atoms with Crippen LogP contribution in [0.4, 0.5) is 0 Å². The van der Waals surface area contributed by atoms with Crippen molar-refractivity contribution < 1.29 is 14.3 Å². The van der Waals surface area contributed by atoms with Crippen LogP contribution in [0.3, 0.4) is 0 Å². The minimum absolute atomic E-state index is 0.0461. The molecule has 98 valence electrons. The predicted octanol–water partition coefficient (Wildman–Crippen LogP) is -0.140. The van der Waals surface area contributed by atoms with Gasteiger partial charge in [-0.2, -0.15) is 0 Å². The number of nitrogens with zero attached hydrogens (tertiary/aromatic N) is 1. The number of carbonyl (C=O) groups excluding carboxylic acids is 1. The van der Waals surface area contributed by atoms with Crippen molar-refractivity contribution in [3.8, 4) is 0 Å². The Balaban J connectivity index is 2.02. The van der Waals surface area contributed by atoms with Crippen LogP contribution in [0.2, 0.25) is 0 Å². The second kappa shape index (κ2) is 5.33. The molecule has 1 amide bonds. The molecule has 17 heavy (non-hydrogen) atoms. The van der Waals surface area contributed by atoms with Crippen molar-refractivity contribution >= 4 is 5.91 Å². The molecule has 0 radical (unpaired) electrons. The monoisotopic (exact) mass is 242 g/mol. The number of hydrogen-bond acceptors (Lipinski definition) is 4. The van der Waals surface area contributed by atoms with Crippen LogP contribution >= 0.6 is 0 Å². The van der Waals surface area contributed by atoms with Crippen LogP contribution in [0.1, 0.15) is 13.8 Å². The molecule has 0 aromatic heterocycles. The Morgan fingerprint density at radius 1 is 1.41 bits per heavy atom. The highest BCUT2D eigenvalue weighted by atomic mass is 16.5. The van der Waals surface area contributed by atoms with E-state index in [9.17, 15) is 4.79 Å². The molecule has 0 saturated carbocycles. The Morgan fingerprint density at radius 2 is 2.24 bits per heavy atom. The molecule has 0 bridgehead atoms. The van der Waals surface area contributed by atoms with Gasteiger partial charge in [-0.05, 0) is 0 Å². The quantitative estimate of drug-likeness (QED) is 0.695. The zero-order chi connectivity index (χ0) is 12.3. The maximum Gasteiger partial charge on any atom is 0.225 e. The summed E-state index contributed by atoms with van der Waals surface area (Å²) in [4.78, 5) is 13.9. The third kappa shape index (κ3) is 2.97. The van der Waals surface area contributed by atoms with Crippen molar-refractivity contribution in [2.45, 2.75) is 19.4 Å². The highest BCUT2D eigenvalue weighted by molar-refractivity contribution is 5.78. The van der Waals surface area contributed by atoms with E-state index < -0.39 is 0 Å². The van der Waals surface area contributed by atoms with E-state index in [0.29, 0.717) is 32.9 Å². The second-order valence-electron chi connectivity index (χ2n) is 5.18. The van der Waals surface area contributed by atoms with E-state index in [1.165, 1.54) is 0 Å². The number of ether oxygens (including phenoxy) is 2. The van der Waals surface area contributed by atoms with E-state index in [0.717, 1.165) is 13.1 Å². The smallest absolute Gasteiger partial charge is 0.225 e. The van der Waals surface area contributed by atoms with E-state index in [-0.39, 0.29) is 17.4 Å². The summed E-state index contributed by atoms with van der Waals surface area (Å²) in [6, 6.07) is 0. The number of morpholine rings is 1. The first-order valence-corrected chi connectivity index (χ1v) is 6.34. The van der Waals surface area contributed by atoms with Crippen molar-refractivity contribution in [3.05, 3.63) is 0 Å². The van der Waals surface area contributed by atoms with Gasteiger partial charge in [0, 0.05) is 25.6 Å². The average Bonchev–Trinajstić information content (AvgIpc) is 2.54. The first-order chi connectivity index (χ1) is 8.13. The van der Waals surface area contributed by atoms with Gasteiger partial charge in [0.15, 0.2) is 0 Å². The summed E-state index contributed by atoms with van der Waals surface area (Å²) in [5.74, 6) is 0.252. The van der Waals surface area contributed by atoms with Crippen LogP contribution in [-0.2, 0) is 14.3 Å². The summed E-state index contributed by atoms with van der Waals surface area (Å²) < 4.78 is 11.4. The van der Waals surface area contributed by atoms with Crippen LogP contribution in [-0.4, -0.2) is 62.4 Å². The van der Waals surface area contributed by atoms with Crippen LogP contribution in [0.15, 0.2) is 0 Å². The van der Waals surface area contributed by atoms with Crippen LogP contribution < -0.4 is 5.32 Å². The van der Waals surface area contributed by atoms with Crippen molar-refractivity contribution in [1.82, 2.24) is 10.2 Å². The Hall–Kier alpha value is -0.650. The molecule has 0 aromatic carbocycles. The van der Waals surface area contributed by atoms with Crippen LogP contribution in [0.25, 0.3) is 0 Å². The molecular formula is C12H22N2O3. The molecule has 0 aliphatic carbocycles. The molecule has 2 saturated heterocycles. The second-order valence-corrected chi connectivity index (χ2v) is 5.18. The molecule has 1 unspecified atom stereocenters. The number of carbonyl (C=O) groups is 1. The van der Waals surface area contributed by atoms with Crippen LogP contribution in [0, 0.1) is 5.92 Å². The molecule has 1 N–H and O–H groups in total. The predicted molar refractivity (Wildman–Crippen MR) is 63.8 cm³/mol. The Labute approximate surface area is 102 Å². The molecule has 2 aliphatic rings. The fraction of sp³-hybridized carbons (Fsp3) is 0.917. The fourth-order valence-corrected chi connectivity index (χ4v) is 2.36. The van der Waals surface area contributed by atoms with Gasteiger partial charge in [-0.25, -0.2) is 0 Å². The number of amides is 1. The molecule has 1 spiro atoms. The Morgan fingerprint density at radius 3 is 3.00 bits per heavy atom. The van der Waals surface area contributed by atoms with Gasteiger partial charge in [-0.1, -0.05) is 13.8 Å². The molecular weight excluding hydrogens is 220 g/mol. The van der Waals surface area contributed by atoms with Gasteiger partial charge in [0.05, 0.1) is 26.4 Å². The van der Waals surface area contributed by atoms with Crippen LogP contribution in [0.5, 0.6) is 0 Å². The summed E-state index contributed by atoms with van der Waals surface area (Å²) in [5.41, 5.74) is -0.348. The molecule has 5 heteroatoms. The van der Waals surface area contributed by atoms with Gasteiger partial charge in [-0.15, -0.1) is 0 Å². The van der Waals surface area contributed by atoms with Gasteiger partial charge in [0.25, 0.3) is 0 Å². The van der Waals surface area contributed by atoms with Crippen molar-refractivity contribution in [1.29, 1.82) is 0 Å². The fourth-order valence-electron chi connectivity index (χ4n) is 2.36. The lowest BCUT2D eigenvalue weighted by Crippen LogP contribution is -2.59. The van der Waals surface area contributed by atoms with Gasteiger partial charge >= 0.3 is 0 Å². The molecule has 1 atom stereocenters. The highest BCUT2D eigenvalue weighted by Gasteiger charge is 2.39. The molecule has 5 nitrogen and oxygen atoms in total. The summed E-state index contributed by atoms with van der Waals surface area (Å²) >= 11 is 0. The largest absolute Gasteiger partial charge is 0.377 e. The standard InChI is InChI=1S/C12H22N2O3/c1-10(2)11(15)14-4-6-17-12(8-14)7-13-3-5-16-9-12/h10,13H,3-9H2,1-2H3. The lowest BCUT2D eigenvalue weighted by Gasteiger charge is -2.42. The van der Waals surface area contributed by atoms with Crippen molar-refractivity contribution in [3.63, 3.8) is 0 Å². The third-order valence-corrected chi connectivity index (χ3v) is 3.29. The maximum atomic E-state index is 12.0. The van der Waals surface area contributed by atoms with E-state index in [1.807, 2.05) is 18.7 Å². The number of nitrogens with one attached hydrogen (secondary N) is 1. The molecule has 0 aromatic rings. The van der Waals surface area contributed by atoms with Gasteiger partial charge in [-0.3, -0.25) is 4.79 Å². The van der Waals surface area contributed by atoms with E-state index >= 15 is 0 Å².